The standard InChI is InChI=1S/C13H19ClN2O2/c1-8(15)10-5-6-12(11(14)7-10)18-9(2)13(17)16(3)4/h5-9H,15H2,1-4H3/t8-,9?/m1/s1. The number of carbonyl (C=O) groups excluding carboxylic acids is 1. The maximum atomic E-state index is 11.7. The van der Waals surface area contributed by atoms with Gasteiger partial charge >= 0.3 is 0 Å². The molecule has 0 aliphatic heterocycles. The molecule has 0 heterocycles. The molecule has 0 aromatic heterocycles. The summed E-state index contributed by atoms with van der Waals surface area (Å²) in [6, 6.07) is 5.26. The number of hydrogen-bond donors (Lipinski definition) is 1. The number of rotatable bonds is 4. The minimum atomic E-state index is -0.571. The van der Waals surface area contributed by atoms with Crippen LogP contribution in [0.15, 0.2) is 18.2 Å². The Morgan fingerprint density at radius 2 is 2.00 bits per heavy atom. The molecule has 5 heteroatoms. The van der Waals surface area contributed by atoms with E-state index in [0.29, 0.717) is 10.8 Å². The van der Waals surface area contributed by atoms with Crippen molar-refractivity contribution in [3.05, 3.63) is 28.8 Å². The number of amides is 1. The average Bonchev–Trinajstić information content (AvgIpc) is 2.30. The summed E-state index contributed by atoms with van der Waals surface area (Å²) < 4.78 is 5.54. The second-order valence-electron chi connectivity index (χ2n) is 4.47. The highest BCUT2D eigenvalue weighted by Gasteiger charge is 2.18. The Balaban J connectivity index is 2.83. The predicted molar refractivity (Wildman–Crippen MR) is 72.8 cm³/mol. The molecule has 1 unspecified atom stereocenters. The highest BCUT2D eigenvalue weighted by Crippen LogP contribution is 2.28. The molecule has 0 saturated heterocycles. The Hall–Kier alpha value is -1.26. The normalized spacial score (nSPS) is 13.9. The zero-order valence-corrected chi connectivity index (χ0v) is 11.9. The van der Waals surface area contributed by atoms with E-state index in [1.807, 2.05) is 13.0 Å². The van der Waals surface area contributed by atoms with E-state index < -0.39 is 6.10 Å². The molecule has 0 spiro atoms. The topological polar surface area (TPSA) is 55.6 Å². The number of benzene rings is 1. The molecular weight excluding hydrogens is 252 g/mol. The van der Waals surface area contributed by atoms with Crippen LogP contribution >= 0.6 is 11.6 Å². The summed E-state index contributed by atoms with van der Waals surface area (Å²) in [6.45, 7) is 3.57. The Labute approximate surface area is 113 Å². The minimum Gasteiger partial charge on any atom is -0.479 e. The number of halogens is 1. The Kier molecular flexibility index (Phi) is 4.99. The van der Waals surface area contributed by atoms with Crippen LogP contribution in [-0.2, 0) is 4.79 Å². The molecule has 1 aromatic carbocycles. The number of nitrogens with zero attached hydrogens (tertiary/aromatic N) is 1. The summed E-state index contributed by atoms with van der Waals surface area (Å²) in [6.07, 6.45) is -0.571. The monoisotopic (exact) mass is 270 g/mol. The quantitative estimate of drug-likeness (QED) is 0.913. The summed E-state index contributed by atoms with van der Waals surface area (Å²) in [5.41, 5.74) is 6.69. The fourth-order valence-electron chi connectivity index (χ4n) is 1.50. The van der Waals surface area contributed by atoms with E-state index in [2.05, 4.69) is 0 Å². The second-order valence-corrected chi connectivity index (χ2v) is 4.88. The fourth-order valence-corrected chi connectivity index (χ4v) is 1.73. The molecule has 4 nitrogen and oxygen atoms in total. The van der Waals surface area contributed by atoms with Gasteiger partial charge in [-0.05, 0) is 31.5 Å². The van der Waals surface area contributed by atoms with E-state index >= 15 is 0 Å². The van der Waals surface area contributed by atoms with Crippen molar-refractivity contribution in [1.29, 1.82) is 0 Å². The van der Waals surface area contributed by atoms with Crippen LogP contribution in [0.5, 0.6) is 5.75 Å². The van der Waals surface area contributed by atoms with Gasteiger partial charge in [0.25, 0.3) is 5.91 Å². The third-order valence-electron chi connectivity index (χ3n) is 2.57. The van der Waals surface area contributed by atoms with Crippen LogP contribution in [0.1, 0.15) is 25.5 Å². The molecule has 0 radical (unpaired) electrons. The first-order valence-electron chi connectivity index (χ1n) is 5.75. The van der Waals surface area contributed by atoms with Gasteiger partial charge in [-0.15, -0.1) is 0 Å². The molecule has 18 heavy (non-hydrogen) atoms. The number of hydrogen-bond acceptors (Lipinski definition) is 3. The van der Waals surface area contributed by atoms with E-state index in [9.17, 15) is 4.79 Å². The van der Waals surface area contributed by atoms with Crippen molar-refractivity contribution >= 4 is 17.5 Å². The van der Waals surface area contributed by atoms with Gasteiger partial charge in [-0.25, -0.2) is 0 Å². The molecule has 1 aromatic rings. The molecule has 0 aliphatic rings. The Morgan fingerprint density at radius 1 is 1.39 bits per heavy atom. The second kappa shape index (κ2) is 6.07. The van der Waals surface area contributed by atoms with Gasteiger partial charge in [0, 0.05) is 20.1 Å². The van der Waals surface area contributed by atoms with Crippen molar-refractivity contribution in [3.8, 4) is 5.75 Å². The lowest BCUT2D eigenvalue weighted by molar-refractivity contribution is -0.135. The summed E-state index contributed by atoms with van der Waals surface area (Å²) in [7, 11) is 3.37. The molecular formula is C13H19ClN2O2. The number of nitrogens with two attached hydrogens (primary N) is 1. The lowest BCUT2D eigenvalue weighted by Gasteiger charge is -2.19. The van der Waals surface area contributed by atoms with Gasteiger partial charge in [0.1, 0.15) is 5.75 Å². The van der Waals surface area contributed by atoms with Crippen LogP contribution in [-0.4, -0.2) is 31.0 Å². The summed E-state index contributed by atoms with van der Waals surface area (Å²) >= 11 is 6.10. The first kappa shape index (κ1) is 14.8. The highest BCUT2D eigenvalue weighted by atomic mass is 35.5. The number of ether oxygens (including phenoxy) is 1. The van der Waals surface area contributed by atoms with Crippen LogP contribution in [0, 0.1) is 0 Å². The van der Waals surface area contributed by atoms with Crippen molar-refractivity contribution in [2.45, 2.75) is 26.0 Å². The number of carbonyl (C=O) groups is 1. The molecule has 100 valence electrons. The largest absolute Gasteiger partial charge is 0.479 e. The minimum absolute atomic E-state index is 0.0858. The van der Waals surface area contributed by atoms with Crippen LogP contribution in [0.3, 0.4) is 0 Å². The van der Waals surface area contributed by atoms with Gasteiger partial charge < -0.3 is 15.4 Å². The molecule has 2 atom stereocenters. The highest BCUT2D eigenvalue weighted by molar-refractivity contribution is 6.32. The van der Waals surface area contributed by atoms with Gasteiger partial charge in [0.05, 0.1) is 5.02 Å². The van der Waals surface area contributed by atoms with Gasteiger partial charge in [-0.1, -0.05) is 17.7 Å². The van der Waals surface area contributed by atoms with E-state index in [1.54, 1.807) is 33.2 Å². The van der Waals surface area contributed by atoms with Crippen molar-refractivity contribution < 1.29 is 9.53 Å². The van der Waals surface area contributed by atoms with E-state index in [1.165, 1.54) is 4.90 Å². The van der Waals surface area contributed by atoms with Gasteiger partial charge in [0.2, 0.25) is 0 Å². The first-order chi connectivity index (χ1) is 8.32. The smallest absolute Gasteiger partial charge is 0.262 e. The molecule has 0 fully saturated rings. The third-order valence-corrected chi connectivity index (χ3v) is 2.87. The van der Waals surface area contributed by atoms with Crippen molar-refractivity contribution in [1.82, 2.24) is 4.90 Å². The molecule has 1 rings (SSSR count). The van der Waals surface area contributed by atoms with Crippen molar-refractivity contribution in [2.24, 2.45) is 5.73 Å². The number of likely N-dealkylation sites (N-methyl/N-ethyl adjacent to an activating group) is 1. The molecule has 2 N–H and O–H groups in total. The first-order valence-corrected chi connectivity index (χ1v) is 6.13. The van der Waals surface area contributed by atoms with E-state index in [0.717, 1.165) is 5.56 Å². The lowest BCUT2D eigenvalue weighted by atomic mass is 10.1. The summed E-state index contributed by atoms with van der Waals surface area (Å²) in [4.78, 5) is 13.2. The molecule has 0 aliphatic carbocycles. The molecule has 0 saturated carbocycles. The molecule has 0 bridgehead atoms. The van der Waals surface area contributed by atoms with Gasteiger partial charge in [0.15, 0.2) is 6.10 Å². The zero-order valence-electron chi connectivity index (χ0n) is 11.1. The maximum Gasteiger partial charge on any atom is 0.262 e. The average molecular weight is 271 g/mol. The Morgan fingerprint density at radius 3 is 2.44 bits per heavy atom. The van der Waals surface area contributed by atoms with Gasteiger partial charge in [-0.3, -0.25) is 4.79 Å². The SMILES string of the molecule is CC(Oc1ccc([C@@H](C)N)cc1Cl)C(=O)N(C)C. The third kappa shape index (κ3) is 3.62. The molecule has 1 amide bonds. The van der Waals surface area contributed by atoms with Crippen LogP contribution in [0.25, 0.3) is 0 Å². The van der Waals surface area contributed by atoms with E-state index in [4.69, 9.17) is 22.1 Å². The van der Waals surface area contributed by atoms with Crippen LogP contribution in [0.4, 0.5) is 0 Å². The maximum absolute atomic E-state index is 11.7. The van der Waals surface area contributed by atoms with Crippen molar-refractivity contribution in [3.63, 3.8) is 0 Å². The zero-order chi connectivity index (χ0) is 13.9. The predicted octanol–water partition coefficient (Wildman–Crippen LogP) is 2.22. The van der Waals surface area contributed by atoms with E-state index in [-0.39, 0.29) is 11.9 Å². The Bertz CT molecular complexity index is 433. The van der Waals surface area contributed by atoms with Crippen molar-refractivity contribution in [2.75, 3.05) is 14.1 Å². The fraction of sp³-hybridized carbons (Fsp3) is 0.462. The summed E-state index contributed by atoms with van der Waals surface area (Å²) in [5.74, 6) is 0.381. The summed E-state index contributed by atoms with van der Waals surface area (Å²) in [5, 5.41) is 0.461. The van der Waals surface area contributed by atoms with Gasteiger partial charge in [-0.2, -0.15) is 0 Å². The van der Waals surface area contributed by atoms with Crippen LogP contribution < -0.4 is 10.5 Å². The van der Waals surface area contributed by atoms with Crippen LogP contribution in [0.2, 0.25) is 5.02 Å². The lowest BCUT2D eigenvalue weighted by Crippen LogP contribution is -2.35.